The van der Waals surface area contributed by atoms with Crippen LogP contribution in [0.25, 0.3) is 0 Å². The van der Waals surface area contributed by atoms with E-state index in [1.54, 1.807) is 0 Å². The van der Waals surface area contributed by atoms with E-state index in [2.05, 4.69) is 26.0 Å². The van der Waals surface area contributed by atoms with Crippen LogP contribution in [0.5, 0.6) is 5.75 Å². The van der Waals surface area contributed by atoms with Crippen LogP contribution in [0.15, 0.2) is 24.3 Å². The molecular weight excluding hydrogens is 244 g/mol. The second-order valence-electron chi connectivity index (χ2n) is 8.37. The van der Waals surface area contributed by atoms with Crippen molar-refractivity contribution >= 4 is 0 Å². The topological polar surface area (TPSA) is 20.2 Å². The van der Waals surface area contributed by atoms with Crippen LogP contribution in [0.4, 0.5) is 0 Å². The number of aromatic hydroxyl groups is 1. The fourth-order valence-electron chi connectivity index (χ4n) is 6.06. The normalized spacial score (nSPS) is 39.2. The molecule has 0 spiro atoms. The summed E-state index contributed by atoms with van der Waals surface area (Å²) in [6.45, 7) is 4.90. The van der Waals surface area contributed by atoms with Gasteiger partial charge in [-0.3, -0.25) is 0 Å². The minimum Gasteiger partial charge on any atom is -0.508 e. The van der Waals surface area contributed by atoms with Crippen molar-refractivity contribution in [3.8, 4) is 5.75 Å². The van der Waals surface area contributed by atoms with Crippen molar-refractivity contribution in [1.29, 1.82) is 0 Å². The van der Waals surface area contributed by atoms with Gasteiger partial charge in [-0.2, -0.15) is 0 Å². The Kier molecular flexibility index (Phi) is 2.56. The molecule has 0 heterocycles. The summed E-state index contributed by atoms with van der Waals surface area (Å²) in [5, 5.41) is 9.56. The summed E-state index contributed by atoms with van der Waals surface area (Å²) < 4.78 is 0. The van der Waals surface area contributed by atoms with E-state index in [4.69, 9.17) is 0 Å². The van der Waals surface area contributed by atoms with Crippen LogP contribution in [0.3, 0.4) is 0 Å². The lowest BCUT2D eigenvalue weighted by Crippen LogP contribution is -2.54. The van der Waals surface area contributed by atoms with Gasteiger partial charge in [0.05, 0.1) is 0 Å². The molecule has 4 aliphatic carbocycles. The van der Waals surface area contributed by atoms with E-state index in [0.717, 1.165) is 17.8 Å². The fourth-order valence-corrected chi connectivity index (χ4v) is 6.06. The largest absolute Gasteiger partial charge is 0.508 e. The lowest BCUT2D eigenvalue weighted by molar-refractivity contribution is -0.0919. The summed E-state index contributed by atoms with van der Waals surface area (Å²) in [4.78, 5) is 0. The predicted molar refractivity (Wildman–Crippen MR) is 81.7 cm³/mol. The molecule has 4 aliphatic rings. The minimum atomic E-state index is 0.233. The smallest absolute Gasteiger partial charge is 0.115 e. The van der Waals surface area contributed by atoms with Crippen molar-refractivity contribution < 1.29 is 5.11 Å². The lowest BCUT2D eigenvalue weighted by atomic mass is 9.42. The number of phenolic OH excluding ortho intramolecular Hbond substituents is 1. The van der Waals surface area contributed by atoms with E-state index >= 15 is 0 Å². The fraction of sp³-hybridized carbons (Fsp3) is 0.684. The summed E-state index contributed by atoms with van der Waals surface area (Å²) in [6, 6.07) is 8.01. The lowest BCUT2D eigenvalue weighted by Gasteiger charge is -2.62. The van der Waals surface area contributed by atoms with Gasteiger partial charge in [-0.25, -0.2) is 0 Å². The summed E-state index contributed by atoms with van der Waals surface area (Å²) in [6.07, 6.45) is 8.83. The van der Waals surface area contributed by atoms with E-state index < -0.39 is 0 Å². The van der Waals surface area contributed by atoms with Crippen molar-refractivity contribution in [2.75, 3.05) is 0 Å². The molecule has 1 aromatic carbocycles. The standard InChI is InChI=1S/C19H26O/c1-18(2,16-3-5-17(20)6-4-16)19-10-13-7-14(11-19)9-15(8-13)12-19/h3-6,13-15,20H,7-12H2,1-2H3. The second-order valence-corrected chi connectivity index (χ2v) is 8.37. The number of hydrogen-bond donors (Lipinski definition) is 1. The number of phenols is 1. The van der Waals surface area contributed by atoms with E-state index in [1.165, 1.54) is 44.1 Å². The molecule has 1 nitrogen and oxygen atoms in total. The predicted octanol–water partition coefficient (Wildman–Crippen LogP) is 4.89. The third-order valence-electron chi connectivity index (χ3n) is 6.95. The molecule has 0 atom stereocenters. The molecule has 4 fully saturated rings. The molecule has 0 amide bonds. The first kappa shape index (κ1) is 12.7. The molecule has 1 aromatic rings. The van der Waals surface area contributed by atoms with Gasteiger partial charge in [0.2, 0.25) is 0 Å². The van der Waals surface area contributed by atoms with Crippen LogP contribution in [-0.2, 0) is 5.41 Å². The first-order chi connectivity index (χ1) is 9.48. The molecule has 4 bridgehead atoms. The molecule has 0 saturated heterocycles. The first-order valence-electron chi connectivity index (χ1n) is 8.28. The molecular formula is C19H26O. The van der Waals surface area contributed by atoms with Crippen LogP contribution in [0.2, 0.25) is 0 Å². The van der Waals surface area contributed by atoms with Gasteiger partial charge in [-0.05, 0) is 84.8 Å². The van der Waals surface area contributed by atoms with Crippen LogP contribution in [0.1, 0.15) is 57.9 Å². The highest BCUT2D eigenvalue weighted by atomic mass is 16.3. The number of rotatable bonds is 2. The van der Waals surface area contributed by atoms with E-state index in [-0.39, 0.29) is 5.41 Å². The Bertz CT molecular complexity index is 476. The molecule has 0 aromatic heterocycles. The van der Waals surface area contributed by atoms with Gasteiger partial charge >= 0.3 is 0 Å². The van der Waals surface area contributed by atoms with Crippen molar-refractivity contribution in [3.63, 3.8) is 0 Å². The van der Waals surface area contributed by atoms with Crippen LogP contribution in [-0.4, -0.2) is 5.11 Å². The summed E-state index contributed by atoms with van der Waals surface area (Å²) in [7, 11) is 0. The second kappa shape index (κ2) is 4.02. The maximum absolute atomic E-state index is 9.56. The third kappa shape index (κ3) is 1.68. The summed E-state index contributed by atoms with van der Waals surface area (Å²) in [5.41, 5.74) is 2.16. The summed E-state index contributed by atoms with van der Waals surface area (Å²) >= 11 is 0. The number of hydrogen-bond acceptors (Lipinski definition) is 1. The molecule has 0 radical (unpaired) electrons. The van der Waals surface area contributed by atoms with Gasteiger partial charge in [-0.1, -0.05) is 26.0 Å². The maximum Gasteiger partial charge on any atom is 0.115 e. The minimum absolute atomic E-state index is 0.233. The SMILES string of the molecule is CC(C)(c1ccc(O)cc1)C12CC3CC(CC(C3)C1)C2. The zero-order valence-corrected chi connectivity index (χ0v) is 12.7. The zero-order valence-electron chi connectivity index (χ0n) is 12.7. The van der Waals surface area contributed by atoms with Gasteiger partial charge in [0.25, 0.3) is 0 Å². The van der Waals surface area contributed by atoms with Crippen molar-refractivity contribution in [3.05, 3.63) is 29.8 Å². The molecule has 4 saturated carbocycles. The molecule has 1 N–H and O–H groups in total. The van der Waals surface area contributed by atoms with E-state index in [9.17, 15) is 5.11 Å². The average molecular weight is 270 g/mol. The van der Waals surface area contributed by atoms with Crippen molar-refractivity contribution in [2.45, 2.75) is 57.8 Å². The molecule has 0 unspecified atom stereocenters. The summed E-state index contributed by atoms with van der Waals surface area (Å²) in [5.74, 6) is 3.38. The van der Waals surface area contributed by atoms with Crippen LogP contribution in [0, 0.1) is 23.2 Å². The van der Waals surface area contributed by atoms with E-state index in [1.807, 2.05) is 12.1 Å². The Balaban J connectivity index is 1.73. The highest BCUT2D eigenvalue weighted by Crippen LogP contribution is 2.66. The molecule has 20 heavy (non-hydrogen) atoms. The molecule has 1 heteroatoms. The Morgan fingerprint density at radius 2 is 1.35 bits per heavy atom. The Morgan fingerprint density at radius 3 is 1.80 bits per heavy atom. The molecule has 108 valence electrons. The van der Waals surface area contributed by atoms with Gasteiger partial charge < -0.3 is 5.11 Å². The van der Waals surface area contributed by atoms with Crippen molar-refractivity contribution in [2.24, 2.45) is 23.2 Å². The van der Waals surface area contributed by atoms with Crippen molar-refractivity contribution in [1.82, 2.24) is 0 Å². The first-order valence-corrected chi connectivity index (χ1v) is 8.28. The Labute approximate surface area is 122 Å². The van der Waals surface area contributed by atoms with Gasteiger partial charge in [0.1, 0.15) is 5.75 Å². The number of benzene rings is 1. The van der Waals surface area contributed by atoms with Gasteiger partial charge in [0, 0.05) is 0 Å². The Hall–Kier alpha value is -0.980. The quantitative estimate of drug-likeness (QED) is 0.811. The average Bonchev–Trinajstić information content (AvgIpc) is 2.37. The zero-order chi connectivity index (χ0) is 14.0. The highest BCUT2D eigenvalue weighted by molar-refractivity contribution is 5.33. The monoisotopic (exact) mass is 270 g/mol. The third-order valence-corrected chi connectivity index (χ3v) is 6.95. The molecule has 0 aliphatic heterocycles. The maximum atomic E-state index is 9.56. The Morgan fingerprint density at radius 1 is 0.900 bits per heavy atom. The molecule has 5 rings (SSSR count). The van der Waals surface area contributed by atoms with E-state index in [0.29, 0.717) is 11.2 Å². The van der Waals surface area contributed by atoms with Gasteiger partial charge in [-0.15, -0.1) is 0 Å². The van der Waals surface area contributed by atoms with Crippen LogP contribution >= 0.6 is 0 Å². The van der Waals surface area contributed by atoms with Crippen LogP contribution < -0.4 is 0 Å². The highest BCUT2D eigenvalue weighted by Gasteiger charge is 2.57. The van der Waals surface area contributed by atoms with Gasteiger partial charge in [0.15, 0.2) is 0 Å².